The quantitative estimate of drug-likeness (QED) is 0.142. The van der Waals surface area contributed by atoms with Crippen LogP contribution in [0.1, 0.15) is 19.1 Å². The highest BCUT2D eigenvalue weighted by molar-refractivity contribution is 5.86. The summed E-state index contributed by atoms with van der Waals surface area (Å²) in [4.78, 5) is 44.4. The average molecular weight is 511 g/mol. The van der Waals surface area contributed by atoms with E-state index in [0.717, 1.165) is 4.57 Å². The molecule has 0 aliphatic carbocycles. The number of aliphatic hydroxyl groups excluding tert-OH is 2. The molecule has 2 fully saturated rings. The molecular weight excluding hydrogens is 472 g/mol. The van der Waals surface area contributed by atoms with Crippen LogP contribution in [0.5, 0.6) is 0 Å². The number of carbonyl (C=O) groups is 2. The van der Waals surface area contributed by atoms with Gasteiger partial charge in [0.2, 0.25) is 0 Å². The first-order chi connectivity index (χ1) is 17.3. The second-order valence-corrected chi connectivity index (χ2v) is 9.07. The zero-order chi connectivity index (χ0) is 26.2. The summed E-state index contributed by atoms with van der Waals surface area (Å²) >= 11 is 0. The predicted octanol–water partition coefficient (Wildman–Crippen LogP) is -4.02. The number of aliphatic hydroxyl groups is 2. The summed E-state index contributed by atoms with van der Waals surface area (Å²) in [5.74, 6) is -1.72. The Balaban J connectivity index is 1.88. The fourth-order valence-corrected chi connectivity index (χ4v) is 4.61. The second-order valence-electron chi connectivity index (χ2n) is 9.07. The molecule has 3 heterocycles. The van der Waals surface area contributed by atoms with Crippen molar-refractivity contribution < 1.29 is 24.5 Å². The minimum Gasteiger partial charge on any atom is -0.390 e. The van der Waals surface area contributed by atoms with Crippen LogP contribution in [0, 0.1) is 5.92 Å². The molecule has 6 unspecified atom stereocenters. The van der Waals surface area contributed by atoms with Crippen molar-refractivity contribution >= 4 is 17.5 Å². The molecule has 36 heavy (non-hydrogen) atoms. The van der Waals surface area contributed by atoms with Crippen LogP contribution in [0.4, 0.5) is 5.82 Å². The van der Waals surface area contributed by atoms with Gasteiger partial charge in [-0.3, -0.25) is 14.2 Å². The number of hydrogen-bond donors (Lipinski definition) is 7. The Kier molecular flexibility index (Phi) is 10.3. The molecule has 2 aliphatic heterocycles. The molecule has 14 nitrogen and oxygen atoms in total. The van der Waals surface area contributed by atoms with E-state index in [9.17, 15) is 24.6 Å². The number of Topliss-reactive ketones (excluding diaryl/α,β-unsaturated/α-hetero) is 1. The summed E-state index contributed by atoms with van der Waals surface area (Å²) in [5, 5.41) is 31.3. The Morgan fingerprint density at radius 2 is 2.00 bits per heavy atom. The number of rotatable bonds is 11. The van der Waals surface area contributed by atoms with Crippen molar-refractivity contribution in [3.05, 3.63) is 22.7 Å². The number of hydrogen-bond acceptors (Lipinski definition) is 12. The smallest absolute Gasteiger partial charge is 0.351 e. The molecule has 0 bridgehead atoms. The van der Waals surface area contributed by atoms with E-state index in [1.807, 2.05) is 0 Å². The van der Waals surface area contributed by atoms with Gasteiger partial charge in [-0.1, -0.05) is 0 Å². The van der Waals surface area contributed by atoms with Gasteiger partial charge in [0.1, 0.15) is 23.8 Å². The molecule has 1 aromatic heterocycles. The number of anilines is 1. The van der Waals surface area contributed by atoms with E-state index in [4.69, 9.17) is 16.2 Å². The number of amides is 1. The topological polar surface area (TPSA) is 210 Å². The fraction of sp³-hybridized carbons (Fsp3) is 0.727. The lowest BCUT2D eigenvalue weighted by Crippen LogP contribution is -2.60. The Labute approximate surface area is 209 Å². The highest BCUT2D eigenvalue weighted by atomic mass is 16.5. The van der Waals surface area contributed by atoms with E-state index in [0.29, 0.717) is 45.7 Å². The molecule has 0 aromatic carbocycles. The zero-order valence-corrected chi connectivity index (χ0v) is 20.5. The molecule has 1 aromatic rings. The SMILES string of the molecule is CNCCNC(CCN)C(=O)CC1C(C(=O)N2CCNCC2)OC(n2ccc(N)nc2=O)C(O)C1O. The Morgan fingerprint density at radius 1 is 1.28 bits per heavy atom. The largest absolute Gasteiger partial charge is 0.390 e. The van der Waals surface area contributed by atoms with Gasteiger partial charge < -0.3 is 47.3 Å². The van der Waals surface area contributed by atoms with Gasteiger partial charge in [0.25, 0.3) is 5.91 Å². The van der Waals surface area contributed by atoms with Crippen molar-refractivity contribution in [3.63, 3.8) is 0 Å². The molecule has 202 valence electrons. The van der Waals surface area contributed by atoms with Crippen molar-refractivity contribution in [3.8, 4) is 0 Å². The molecule has 2 saturated heterocycles. The maximum absolute atomic E-state index is 13.5. The number of ether oxygens (including phenoxy) is 1. The molecule has 3 rings (SSSR count). The number of likely N-dealkylation sites (N-methyl/N-ethyl adjacent to an activating group) is 1. The van der Waals surface area contributed by atoms with Gasteiger partial charge in [-0.25, -0.2) is 4.79 Å². The maximum Gasteiger partial charge on any atom is 0.351 e. The van der Waals surface area contributed by atoms with Crippen LogP contribution in [-0.2, 0) is 14.3 Å². The van der Waals surface area contributed by atoms with Gasteiger partial charge in [0.15, 0.2) is 6.23 Å². The number of nitrogens with zero attached hydrogens (tertiary/aromatic N) is 3. The number of carbonyl (C=O) groups excluding carboxylic acids is 2. The summed E-state index contributed by atoms with van der Waals surface area (Å²) < 4.78 is 6.98. The first-order valence-corrected chi connectivity index (χ1v) is 12.2. The number of nitrogen functional groups attached to an aromatic ring is 1. The molecule has 0 spiro atoms. The fourth-order valence-electron chi connectivity index (χ4n) is 4.61. The zero-order valence-electron chi connectivity index (χ0n) is 20.5. The van der Waals surface area contributed by atoms with Gasteiger partial charge >= 0.3 is 5.69 Å². The van der Waals surface area contributed by atoms with Crippen molar-refractivity contribution in [2.45, 2.75) is 43.4 Å². The molecule has 1 amide bonds. The van der Waals surface area contributed by atoms with Gasteiger partial charge in [0.05, 0.1) is 12.1 Å². The lowest BCUT2D eigenvalue weighted by atomic mass is 9.82. The molecule has 0 saturated carbocycles. The van der Waals surface area contributed by atoms with E-state index >= 15 is 0 Å². The first kappa shape index (κ1) is 28.1. The lowest BCUT2D eigenvalue weighted by Gasteiger charge is -2.44. The normalized spacial score (nSPS) is 27.6. The summed E-state index contributed by atoms with van der Waals surface area (Å²) in [5.41, 5.74) is 10.5. The number of ketones is 1. The van der Waals surface area contributed by atoms with Crippen LogP contribution in [-0.4, -0.2) is 114 Å². The highest BCUT2D eigenvalue weighted by Crippen LogP contribution is 2.35. The Morgan fingerprint density at radius 3 is 2.64 bits per heavy atom. The first-order valence-electron chi connectivity index (χ1n) is 12.2. The van der Waals surface area contributed by atoms with Crippen molar-refractivity contribution in [2.75, 3.05) is 58.6 Å². The summed E-state index contributed by atoms with van der Waals surface area (Å²) in [6.45, 7) is 3.46. The number of aromatic nitrogens is 2. The van der Waals surface area contributed by atoms with Crippen LogP contribution in [0.25, 0.3) is 0 Å². The number of nitrogens with two attached hydrogens (primary N) is 2. The second kappa shape index (κ2) is 13.2. The third kappa shape index (κ3) is 6.64. The van der Waals surface area contributed by atoms with Crippen molar-refractivity contribution in [2.24, 2.45) is 11.7 Å². The molecule has 14 heteroatoms. The van der Waals surface area contributed by atoms with Crippen LogP contribution in [0.15, 0.2) is 17.1 Å². The van der Waals surface area contributed by atoms with E-state index in [-0.39, 0.29) is 24.6 Å². The molecule has 9 N–H and O–H groups in total. The molecule has 0 radical (unpaired) electrons. The Bertz CT molecular complexity index is 939. The minimum atomic E-state index is -1.59. The van der Waals surface area contributed by atoms with Gasteiger partial charge in [-0.15, -0.1) is 0 Å². The lowest BCUT2D eigenvalue weighted by molar-refractivity contribution is -0.230. The maximum atomic E-state index is 13.5. The van der Waals surface area contributed by atoms with Crippen LogP contribution in [0.2, 0.25) is 0 Å². The van der Waals surface area contributed by atoms with Gasteiger partial charge in [0, 0.05) is 57.8 Å². The van der Waals surface area contributed by atoms with E-state index in [2.05, 4.69) is 20.9 Å². The number of nitrogens with one attached hydrogen (secondary N) is 3. The average Bonchev–Trinajstić information content (AvgIpc) is 2.87. The monoisotopic (exact) mass is 510 g/mol. The standard InChI is InChI=1S/C22H38N8O6/c1-25-5-6-27-14(2-4-23)15(31)12-13-17(32)18(33)21(30-9-3-16(24)28-22(30)35)36-19(13)20(34)29-10-7-26-8-11-29/h3,9,13-14,17-19,21,25-27,32-33H,2,4-8,10-12,23H2,1H3,(H2,24,28,35). The van der Waals surface area contributed by atoms with Crippen molar-refractivity contribution in [1.82, 2.24) is 30.4 Å². The molecular formula is C22H38N8O6. The summed E-state index contributed by atoms with van der Waals surface area (Å²) in [6, 6.07) is 0.769. The summed E-state index contributed by atoms with van der Waals surface area (Å²) in [7, 11) is 1.79. The van der Waals surface area contributed by atoms with Crippen LogP contribution < -0.4 is 33.1 Å². The molecule has 6 atom stereocenters. The van der Waals surface area contributed by atoms with E-state index in [1.165, 1.54) is 12.3 Å². The van der Waals surface area contributed by atoms with Crippen molar-refractivity contribution in [1.29, 1.82) is 0 Å². The van der Waals surface area contributed by atoms with Gasteiger partial charge in [-0.05, 0) is 26.1 Å². The van der Waals surface area contributed by atoms with E-state index in [1.54, 1.807) is 11.9 Å². The summed E-state index contributed by atoms with van der Waals surface area (Å²) in [6.07, 6.45) is -4.34. The predicted molar refractivity (Wildman–Crippen MR) is 131 cm³/mol. The minimum absolute atomic E-state index is 0.0178. The molecule has 2 aliphatic rings. The van der Waals surface area contributed by atoms with Crippen LogP contribution in [0.3, 0.4) is 0 Å². The Hall–Kier alpha value is -2.46. The van der Waals surface area contributed by atoms with Crippen LogP contribution >= 0.6 is 0 Å². The third-order valence-electron chi connectivity index (χ3n) is 6.60. The third-order valence-corrected chi connectivity index (χ3v) is 6.60. The number of piperazine rings is 1. The van der Waals surface area contributed by atoms with E-state index < -0.39 is 48.1 Å². The van der Waals surface area contributed by atoms with Gasteiger partial charge in [-0.2, -0.15) is 4.98 Å². The highest BCUT2D eigenvalue weighted by Gasteiger charge is 2.50.